The zero-order chi connectivity index (χ0) is 18.4. The molecule has 0 aliphatic carbocycles. The van der Waals surface area contributed by atoms with Gasteiger partial charge in [0.25, 0.3) is 6.20 Å². The van der Waals surface area contributed by atoms with Crippen molar-refractivity contribution >= 4 is 28.7 Å². The maximum atomic E-state index is 12.2. The van der Waals surface area contributed by atoms with Gasteiger partial charge in [0.2, 0.25) is 10.4 Å². The van der Waals surface area contributed by atoms with E-state index in [1.807, 2.05) is 23.2 Å². The zero-order valence-electron chi connectivity index (χ0n) is 14.5. The number of hydrogen-bond acceptors (Lipinski definition) is 8. The molecule has 0 unspecified atom stereocenters. The molecule has 1 aromatic heterocycles. The SMILES string of the molecule is C[C@H](CSC(=O)c1ccccc1)C([O-])=Nc1c[n+](N2CCNCC2)no1. The molecule has 1 aromatic carbocycles. The predicted octanol–water partition coefficient (Wildman–Crippen LogP) is 0.103. The summed E-state index contributed by atoms with van der Waals surface area (Å²) in [5.41, 5.74) is 0.626. The highest BCUT2D eigenvalue weighted by atomic mass is 32.2. The smallest absolute Gasteiger partial charge is 0.324 e. The van der Waals surface area contributed by atoms with Gasteiger partial charge in [0.1, 0.15) is 0 Å². The number of thioether (sulfide) groups is 1. The van der Waals surface area contributed by atoms with Gasteiger partial charge in [-0.2, -0.15) is 5.01 Å². The van der Waals surface area contributed by atoms with Crippen molar-refractivity contribution < 1.29 is 19.2 Å². The standard InChI is InChI=1S/C17H21N5O3S/c1-13(12-26-17(24)14-5-3-2-4-6-14)16(23)19-15-11-22(20-25-15)21-9-7-18-8-10-21/h2-6,11,13,18H,7-10,12H2,1H3/t13-/m1/s1. The van der Waals surface area contributed by atoms with Gasteiger partial charge in [-0.25, -0.2) is 4.99 Å². The highest BCUT2D eigenvalue weighted by Gasteiger charge is 2.22. The van der Waals surface area contributed by atoms with E-state index in [2.05, 4.69) is 15.6 Å². The van der Waals surface area contributed by atoms with Crippen LogP contribution in [0.1, 0.15) is 17.3 Å². The largest absolute Gasteiger partial charge is 0.861 e. The van der Waals surface area contributed by atoms with Crippen LogP contribution in [-0.2, 0) is 0 Å². The molecule has 26 heavy (non-hydrogen) atoms. The van der Waals surface area contributed by atoms with Crippen molar-refractivity contribution in [3.05, 3.63) is 42.1 Å². The van der Waals surface area contributed by atoms with Gasteiger partial charge in [-0.15, -0.1) is 0 Å². The van der Waals surface area contributed by atoms with Crippen LogP contribution in [0.15, 0.2) is 46.0 Å². The van der Waals surface area contributed by atoms with Crippen LogP contribution in [0.2, 0.25) is 0 Å². The van der Waals surface area contributed by atoms with Crippen molar-refractivity contribution in [2.45, 2.75) is 6.92 Å². The molecular formula is C17H21N5O3S. The number of hydrogen-bond donors (Lipinski definition) is 1. The number of nitrogens with one attached hydrogen (secondary N) is 1. The van der Waals surface area contributed by atoms with Crippen molar-refractivity contribution in [1.29, 1.82) is 0 Å². The molecule has 1 atom stereocenters. The Hall–Kier alpha value is -2.39. The Morgan fingerprint density at radius 1 is 1.42 bits per heavy atom. The minimum atomic E-state index is -0.398. The van der Waals surface area contributed by atoms with Crippen molar-refractivity contribution in [1.82, 2.24) is 10.6 Å². The summed E-state index contributed by atoms with van der Waals surface area (Å²) in [6.07, 6.45) is 1.60. The van der Waals surface area contributed by atoms with Crippen LogP contribution in [0.3, 0.4) is 0 Å². The van der Waals surface area contributed by atoms with Crippen LogP contribution < -0.4 is 20.2 Å². The van der Waals surface area contributed by atoms with Gasteiger partial charge in [0.15, 0.2) is 0 Å². The molecule has 1 N–H and O–H groups in total. The number of carbonyl (C=O) groups excluding carboxylic acids is 1. The Labute approximate surface area is 155 Å². The maximum Gasteiger partial charge on any atom is 0.324 e. The summed E-state index contributed by atoms with van der Waals surface area (Å²) in [6, 6.07) is 9.01. The predicted molar refractivity (Wildman–Crippen MR) is 97.0 cm³/mol. The van der Waals surface area contributed by atoms with E-state index in [1.165, 1.54) is 0 Å². The molecule has 1 fully saturated rings. The Bertz CT molecular complexity index is 759. The molecule has 0 bridgehead atoms. The molecule has 1 aliphatic heterocycles. The van der Waals surface area contributed by atoms with Crippen LogP contribution in [0.5, 0.6) is 0 Å². The second-order valence-corrected chi connectivity index (χ2v) is 6.97. The van der Waals surface area contributed by atoms with Gasteiger partial charge < -0.3 is 10.4 Å². The molecule has 1 aliphatic rings. The minimum Gasteiger partial charge on any atom is -0.861 e. The molecule has 3 rings (SSSR count). The average Bonchev–Trinajstić information content (AvgIpc) is 3.15. The lowest BCUT2D eigenvalue weighted by atomic mass is 10.2. The topological polar surface area (TPSA) is 97.7 Å². The zero-order valence-corrected chi connectivity index (χ0v) is 15.3. The second kappa shape index (κ2) is 8.81. The van der Waals surface area contributed by atoms with Gasteiger partial charge in [0.05, 0.1) is 17.9 Å². The van der Waals surface area contributed by atoms with Gasteiger partial charge in [-0.05, 0) is 11.8 Å². The quantitative estimate of drug-likeness (QED) is 0.434. The first kappa shape index (κ1) is 18.4. The third kappa shape index (κ3) is 4.83. The lowest BCUT2D eigenvalue weighted by molar-refractivity contribution is -0.758. The highest BCUT2D eigenvalue weighted by molar-refractivity contribution is 8.14. The number of carbonyl (C=O) groups is 1. The summed E-state index contributed by atoms with van der Waals surface area (Å²) >= 11 is 1.12. The van der Waals surface area contributed by atoms with Crippen LogP contribution in [0, 0.1) is 5.92 Å². The summed E-state index contributed by atoms with van der Waals surface area (Å²) in [7, 11) is 0. The normalized spacial score (nSPS) is 16.5. The molecule has 0 radical (unpaired) electrons. The molecular weight excluding hydrogens is 354 g/mol. The Morgan fingerprint density at radius 3 is 2.88 bits per heavy atom. The van der Waals surface area contributed by atoms with Crippen LogP contribution in [-0.4, -0.2) is 48.2 Å². The van der Waals surface area contributed by atoms with Crippen LogP contribution in [0.25, 0.3) is 0 Å². The third-order valence-corrected chi connectivity index (χ3v) is 5.11. The van der Waals surface area contributed by atoms with Crippen LogP contribution in [0.4, 0.5) is 5.88 Å². The molecule has 0 saturated carbocycles. The van der Waals surface area contributed by atoms with Crippen molar-refractivity contribution in [3.63, 3.8) is 0 Å². The third-order valence-electron chi connectivity index (χ3n) is 3.94. The number of benzene rings is 1. The Kier molecular flexibility index (Phi) is 6.24. The molecule has 0 amide bonds. The second-order valence-electron chi connectivity index (χ2n) is 5.98. The molecule has 138 valence electrons. The van der Waals surface area contributed by atoms with E-state index in [1.54, 1.807) is 30.0 Å². The maximum absolute atomic E-state index is 12.2. The van der Waals surface area contributed by atoms with Crippen LogP contribution >= 0.6 is 11.8 Å². The molecule has 2 aromatic rings. The van der Waals surface area contributed by atoms with E-state index >= 15 is 0 Å². The molecule has 9 heteroatoms. The fourth-order valence-electron chi connectivity index (χ4n) is 2.42. The number of rotatable bonds is 6. The number of aromatic nitrogens is 2. The van der Waals surface area contributed by atoms with Gasteiger partial charge >= 0.3 is 5.88 Å². The molecule has 0 spiro atoms. The lowest BCUT2D eigenvalue weighted by Gasteiger charge is -2.19. The van der Waals surface area contributed by atoms with E-state index in [9.17, 15) is 9.90 Å². The fraction of sp³-hybridized carbons (Fsp3) is 0.412. The summed E-state index contributed by atoms with van der Waals surface area (Å²) in [6.45, 7) is 5.10. The first-order chi connectivity index (χ1) is 12.6. The van der Waals surface area contributed by atoms with E-state index in [4.69, 9.17) is 4.52 Å². The first-order valence-electron chi connectivity index (χ1n) is 8.46. The lowest BCUT2D eigenvalue weighted by Crippen LogP contribution is -2.64. The summed E-state index contributed by atoms with van der Waals surface area (Å²) < 4.78 is 5.12. The first-order valence-corrected chi connectivity index (χ1v) is 9.44. The fourth-order valence-corrected chi connectivity index (χ4v) is 3.27. The number of nitrogens with zero attached hydrogens (tertiary/aromatic N) is 4. The van der Waals surface area contributed by atoms with E-state index in [0.29, 0.717) is 11.3 Å². The van der Waals surface area contributed by atoms with E-state index in [0.717, 1.165) is 37.9 Å². The van der Waals surface area contributed by atoms with E-state index in [-0.39, 0.29) is 16.9 Å². The molecule has 2 heterocycles. The van der Waals surface area contributed by atoms with Gasteiger partial charge in [-0.3, -0.25) is 9.32 Å². The van der Waals surface area contributed by atoms with E-state index < -0.39 is 5.92 Å². The Balaban J connectivity index is 1.55. The number of aliphatic imine (C=N–C) groups is 1. The Morgan fingerprint density at radius 2 is 2.15 bits per heavy atom. The minimum absolute atomic E-state index is 0.0542. The summed E-state index contributed by atoms with van der Waals surface area (Å²) in [4.78, 5) is 17.6. The van der Waals surface area contributed by atoms with Gasteiger partial charge in [0, 0.05) is 24.4 Å². The van der Waals surface area contributed by atoms with Gasteiger partial charge in [-0.1, -0.05) is 49.0 Å². The molecule has 1 saturated heterocycles. The number of piperazine rings is 1. The van der Waals surface area contributed by atoms with Crippen molar-refractivity contribution in [2.75, 3.05) is 36.9 Å². The van der Waals surface area contributed by atoms with Crippen molar-refractivity contribution in [3.8, 4) is 0 Å². The monoisotopic (exact) mass is 375 g/mol. The van der Waals surface area contributed by atoms with Crippen molar-refractivity contribution in [2.24, 2.45) is 10.9 Å². The average molecular weight is 375 g/mol. The summed E-state index contributed by atoms with van der Waals surface area (Å²) in [5, 5.41) is 21.3. The highest BCUT2D eigenvalue weighted by Crippen LogP contribution is 2.17. The molecule has 8 nitrogen and oxygen atoms in total. The summed E-state index contributed by atoms with van der Waals surface area (Å²) in [5.74, 6) is -0.200.